The lowest BCUT2D eigenvalue weighted by Crippen LogP contribution is -2.20. The van der Waals surface area contributed by atoms with Crippen LogP contribution >= 0.6 is 7.60 Å². The molecule has 4 rings (SSSR count). The molecule has 2 N–H and O–H groups in total. The number of halogens is 1. The second-order valence-corrected chi connectivity index (χ2v) is 9.65. The fourth-order valence-electron chi connectivity index (χ4n) is 3.67. The highest BCUT2D eigenvalue weighted by atomic mass is 31.2. The van der Waals surface area contributed by atoms with Gasteiger partial charge >= 0.3 is 7.60 Å². The molecule has 0 radical (unpaired) electrons. The number of anilines is 1. The van der Waals surface area contributed by atoms with Gasteiger partial charge in [-0.25, -0.2) is 19.3 Å². The van der Waals surface area contributed by atoms with Crippen LogP contribution in [0.15, 0.2) is 43.0 Å². The standard InChI is InChI=1S/C20H23FN5O5P/c1-12-14(8-9-32(28,29)30-2)31-20(15(12)21)26-11-24-16-17(22-10-23-18(16)26)25-19(27)13-6-4-3-5-7-13/h3-7,10-12,14-15,20H,8-9H2,1-2H3,(H,28,29)(H,22,23,25,27). The van der Waals surface area contributed by atoms with Crippen molar-refractivity contribution < 1.29 is 27.9 Å². The Morgan fingerprint density at radius 3 is 2.78 bits per heavy atom. The minimum absolute atomic E-state index is 0.138. The molecule has 5 unspecified atom stereocenters. The van der Waals surface area contributed by atoms with Crippen LogP contribution in [0.25, 0.3) is 11.2 Å². The van der Waals surface area contributed by atoms with Crippen LogP contribution in [0, 0.1) is 5.92 Å². The van der Waals surface area contributed by atoms with Crippen LogP contribution in [0.3, 0.4) is 0 Å². The normalized spacial score (nSPS) is 25.0. The van der Waals surface area contributed by atoms with E-state index in [9.17, 15) is 14.3 Å². The van der Waals surface area contributed by atoms with Gasteiger partial charge in [0.2, 0.25) is 0 Å². The number of rotatable bonds is 7. The number of aromatic nitrogens is 4. The Bertz CT molecular complexity index is 1160. The van der Waals surface area contributed by atoms with Gasteiger partial charge in [0.25, 0.3) is 5.91 Å². The average molecular weight is 463 g/mol. The molecule has 0 bridgehead atoms. The van der Waals surface area contributed by atoms with E-state index in [1.807, 2.05) is 0 Å². The van der Waals surface area contributed by atoms with Crippen molar-refractivity contribution in [3.63, 3.8) is 0 Å². The maximum absolute atomic E-state index is 15.1. The Balaban J connectivity index is 1.56. The minimum Gasteiger partial charge on any atom is -0.351 e. The SMILES string of the molecule is COP(=O)(O)CCC1OC(n2cnc3c(NC(=O)c4ccccc4)ncnc32)C(F)C1C. The number of carbonyl (C=O) groups excluding carboxylic acids is 1. The predicted octanol–water partition coefficient (Wildman–Crippen LogP) is 3.17. The summed E-state index contributed by atoms with van der Waals surface area (Å²) in [4.78, 5) is 34.7. The highest BCUT2D eigenvalue weighted by Crippen LogP contribution is 2.45. The minimum atomic E-state index is -3.72. The summed E-state index contributed by atoms with van der Waals surface area (Å²) in [6.07, 6.45) is -0.327. The van der Waals surface area contributed by atoms with Crippen molar-refractivity contribution in [3.8, 4) is 0 Å². The lowest BCUT2D eigenvalue weighted by Gasteiger charge is -2.17. The van der Waals surface area contributed by atoms with E-state index >= 15 is 4.39 Å². The van der Waals surface area contributed by atoms with E-state index in [0.29, 0.717) is 16.7 Å². The van der Waals surface area contributed by atoms with E-state index < -0.39 is 32.0 Å². The summed E-state index contributed by atoms with van der Waals surface area (Å²) >= 11 is 0. The number of imidazole rings is 1. The summed E-state index contributed by atoms with van der Waals surface area (Å²) in [5.41, 5.74) is 1.05. The largest absolute Gasteiger partial charge is 0.351 e. The summed E-state index contributed by atoms with van der Waals surface area (Å²) in [6.45, 7) is 1.68. The zero-order valence-corrected chi connectivity index (χ0v) is 18.4. The van der Waals surface area contributed by atoms with E-state index in [2.05, 4.69) is 24.8 Å². The topological polar surface area (TPSA) is 128 Å². The van der Waals surface area contributed by atoms with Gasteiger partial charge in [-0.15, -0.1) is 0 Å². The van der Waals surface area contributed by atoms with Crippen molar-refractivity contribution in [3.05, 3.63) is 48.5 Å². The number of hydrogen-bond acceptors (Lipinski definition) is 7. The van der Waals surface area contributed by atoms with Gasteiger partial charge in [0.15, 0.2) is 29.4 Å². The molecule has 2 aromatic heterocycles. The Kier molecular flexibility index (Phi) is 6.34. The van der Waals surface area contributed by atoms with E-state index in [-0.39, 0.29) is 24.3 Å². The molecule has 5 atom stereocenters. The molecule has 3 heterocycles. The van der Waals surface area contributed by atoms with Crippen molar-refractivity contribution in [2.75, 3.05) is 18.6 Å². The fraction of sp³-hybridized carbons (Fsp3) is 0.400. The van der Waals surface area contributed by atoms with E-state index in [1.165, 1.54) is 17.2 Å². The molecule has 0 saturated carbocycles. The zero-order valence-electron chi connectivity index (χ0n) is 17.5. The molecule has 1 aromatic carbocycles. The molecule has 1 aliphatic rings. The van der Waals surface area contributed by atoms with E-state index in [0.717, 1.165) is 7.11 Å². The van der Waals surface area contributed by atoms with Crippen LogP contribution in [-0.4, -0.2) is 55.9 Å². The molecule has 32 heavy (non-hydrogen) atoms. The van der Waals surface area contributed by atoms with Crippen LogP contribution in [0.1, 0.15) is 29.9 Å². The highest BCUT2D eigenvalue weighted by molar-refractivity contribution is 7.52. The van der Waals surface area contributed by atoms with Gasteiger partial charge in [0.1, 0.15) is 6.33 Å². The van der Waals surface area contributed by atoms with E-state index in [1.54, 1.807) is 37.3 Å². The van der Waals surface area contributed by atoms with Gasteiger partial charge < -0.3 is 19.5 Å². The molecule has 0 aliphatic carbocycles. The Labute approximate surface area is 183 Å². The van der Waals surface area contributed by atoms with Crippen molar-refractivity contribution in [1.82, 2.24) is 19.5 Å². The van der Waals surface area contributed by atoms with Crippen molar-refractivity contribution >= 4 is 30.5 Å². The molecule has 170 valence electrons. The summed E-state index contributed by atoms with van der Waals surface area (Å²) in [5.74, 6) is -0.684. The Hall–Kier alpha value is -2.72. The monoisotopic (exact) mass is 463 g/mol. The van der Waals surface area contributed by atoms with Gasteiger partial charge in [-0.1, -0.05) is 25.1 Å². The van der Waals surface area contributed by atoms with Gasteiger partial charge in [-0.3, -0.25) is 13.9 Å². The summed E-state index contributed by atoms with van der Waals surface area (Å²) in [5, 5.41) is 2.70. The van der Waals surface area contributed by atoms with Gasteiger partial charge in [-0.2, -0.15) is 0 Å². The quantitative estimate of drug-likeness (QED) is 0.512. The fourth-order valence-corrected chi connectivity index (χ4v) is 4.44. The number of benzene rings is 1. The van der Waals surface area contributed by atoms with Crippen molar-refractivity contribution in [2.45, 2.75) is 31.8 Å². The Morgan fingerprint density at radius 1 is 1.31 bits per heavy atom. The molecular weight excluding hydrogens is 440 g/mol. The third-order valence-electron chi connectivity index (χ3n) is 5.56. The number of carbonyl (C=O) groups is 1. The number of nitrogens with zero attached hydrogens (tertiary/aromatic N) is 4. The molecule has 1 aliphatic heterocycles. The summed E-state index contributed by atoms with van der Waals surface area (Å²) < 4.78 is 38.8. The number of amides is 1. The molecule has 1 fully saturated rings. The van der Waals surface area contributed by atoms with Crippen molar-refractivity contribution in [1.29, 1.82) is 0 Å². The summed E-state index contributed by atoms with van der Waals surface area (Å²) in [7, 11) is -2.56. The number of hydrogen-bond donors (Lipinski definition) is 2. The first-order chi connectivity index (χ1) is 15.3. The second kappa shape index (κ2) is 9.03. The van der Waals surface area contributed by atoms with Crippen LogP contribution in [0.5, 0.6) is 0 Å². The molecular formula is C20H23FN5O5P. The number of alkyl halides is 1. The number of fused-ring (bicyclic) bond motifs is 1. The maximum Gasteiger partial charge on any atom is 0.327 e. The third-order valence-corrected chi connectivity index (χ3v) is 6.95. The first-order valence-corrected chi connectivity index (χ1v) is 11.8. The smallest absolute Gasteiger partial charge is 0.327 e. The first-order valence-electron chi connectivity index (χ1n) is 10.0. The predicted molar refractivity (Wildman–Crippen MR) is 114 cm³/mol. The molecule has 0 spiro atoms. The third kappa shape index (κ3) is 4.42. The van der Waals surface area contributed by atoms with Crippen LogP contribution < -0.4 is 5.32 Å². The summed E-state index contributed by atoms with van der Waals surface area (Å²) in [6, 6.07) is 8.64. The number of ether oxygens (including phenoxy) is 1. The Morgan fingerprint density at radius 2 is 2.06 bits per heavy atom. The molecule has 10 nitrogen and oxygen atoms in total. The van der Waals surface area contributed by atoms with Gasteiger partial charge in [0, 0.05) is 18.6 Å². The van der Waals surface area contributed by atoms with Crippen molar-refractivity contribution in [2.24, 2.45) is 5.92 Å². The average Bonchev–Trinajstić information content (AvgIpc) is 3.35. The molecule has 12 heteroatoms. The zero-order chi connectivity index (χ0) is 22.9. The van der Waals surface area contributed by atoms with E-state index in [4.69, 9.17) is 4.74 Å². The van der Waals surface area contributed by atoms with Gasteiger partial charge in [-0.05, 0) is 18.6 Å². The molecule has 3 aromatic rings. The maximum atomic E-state index is 15.1. The first kappa shape index (κ1) is 22.5. The lowest BCUT2D eigenvalue weighted by molar-refractivity contribution is -0.0187. The van der Waals surface area contributed by atoms with Gasteiger partial charge in [0.05, 0.1) is 18.6 Å². The lowest BCUT2D eigenvalue weighted by atomic mass is 10.00. The van der Waals surface area contributed by atoms with Crippen LogP contribution in [0.4, 0.5) is 10.2 Å². The van der Waals surface area contributed by atoms with Crippen LogP contribution in [0.2, 0.25) is 0 Å². The molecule has 1 saturated heterocycles. The van der Waals surface area contributed by atoms with Crippen LogP contribution in [-0.2, 0) is 13.8 Å². The number of nitrogens with one attached hydrogen (secondary N) is 1. The second-order valence-electron chi connectivity index (χ2n) is 7.57. The molecule has 1 amide bonds. The highest BCUT2D eigenvalue weighted by Gasteiger charge is 2.44.